The van der Waals surface area contributed by atoms with Crippen LogP contribution >= 0.6 is 0 Å². The maximum Gasteiger partial charge on any atom is -0.0105 e. The fourth-order valence-electron chi connectivity index (χ4n) is 8.75. The Hall–Kier alpha value is -4.94. The van der Waals surface area contributed by atoms with E-state index >= 15 is 0 Å². The van der Waals surface area contributed by atoms with Crippen molar-refractivity contribution in [3.05, 3.63) is 173 Å². The molecule has 0 saturated carbocycles. The molecule has 256 valence electrons. The monoisotopic (exact) mass is 664 g/mol. The molecule has 0 spiro atoms. The van der Waals surface area contributed by atoms with Crippen molar-refractivity contribution in [3.63, 3.8) is 0 Å². The van der Waals surface area contributed by atoms with Gasteiger partial charge < -0.3 is 0 Å². The summed E-state index contributed by atoms with van der Waals surface area (Å²) < 4.78 is 0. The first-order chi connectivity index (χ1) is 24.8. The summed E-state index contributed by atoms with van der Waals surface area (Å²) in [4.78, 5) is 0. The van der Waals surface area contributed by atoms with Gasteiger partial charge in [0.25, 0.3) is 0 Å². The molecule has 0 bridgehead atoms. The highest BCUT2D eigenvalue weighted by Gasteiger charge is 2.25. The quantitative estimate of drug-likeness (QED) is 0.137. The third-order valence-corrected chi connectivity index (χ3v) is 11.5. The number of rotatable bonds is 10. The summed E-state index contributed by atoms with van der Waals surface area (Å²) >= 11 is 0. The Bertz CT molecular complexity index is 2200. The van der Waals surface area contributed by atoms with Gasteiger partial charge in [0.15, 0.2) is 0 Å². The lowest BCUT2D eigenvalue weighted by molar-refractivity contribution is 0.646. The van der Waals surface area contributed by atoms with Crippen LogP contribution < -0.4 is 0 Å². The van der Waals surface area contributed by atoms with Crippen LogP contribution in [0.3, 0.4) is 0 Å². The maximum absolute atomic E-state index is 4.75. The van der Waals surface area contributed by atoms with E-state index in [1.165, 1.54) is 96.0 Å². The summed E-state index contributed by atoms with van der Waals surface area (Å²) in [7, 11) is 0. The first-order valence-electron chi connectivity index (χ1n) is 19.1. The van der Waals surface area contributed by atoms with Crippen LogP contribution in [0.2, 0.25) is 0 Å². The van der Waals surface area contributed by atoms with E-state index in [1.807, 2.05) is 0 Å². The average Bonchev–Trinajstić information content (AvgIpc) is 3.29. The normalized spacial score (nSPS) is 15.7. The fourth-order valence-corrected chi connectivity index (χ4v) is 8.75. The topological polar surface area (TPSA) is 0 Å². The highest BCUT2D eigenvalue weighted by atomic mass is 14.3. The Morgan fingerprint density at radius 1 is 0.667 bits per heavy atom. The van der Waals surface area contributed by atoms with Crippen molar-refractivity contribution in [2.24, 2.45) is 5.92 Å². The van der Waals surface area contributed by atoms with Crippen molar-refractivity contribution < 1.29 is 0 Å². The molecule has 0 nitrogen and oxygen atoms in total. The van der Waals surface area contributed by atoms with E-state index in [-0.39, 0.29) is 0 Å². The van der Waals surface area contributed by atoms with Crippen molar-refractivity contribution in [1.82, 2.24) is 0 Å². The van der Waals surface area contributed by atoms with Crippen LogP contribution in [0.4, 0.5) is 0 Å². The van der Waals surface area contributed by atoms with Crippen LogP contribution in [0.5, 0.6) is 0 Å². The lowest BCUT2D eigenvalue weighted by Gasteiger charge is -2.24. The third kappa shape index (κ3) is 7.02. The first-order valence-corrected chi connectivity index (χ1v) is 19.1. The predicted octanol–water partition coefficient (Wildman–Crippen LogP) is 14.8. The van der Waals surface area contributed by atoms with Gasteiger partial charge in [0, 0.05) is 0 Å². The van der Waals surface area contributed by atoms with E-state index in [4.69, 9.17) is 6.58 Å². The molecule has 0 aliphatic heterocycles. The van der Waals surface area contributed by atoms with Crippen LogP contribution in [-0.4, -0.2) is 0 Å². The van der Waals surface area contributed by atoms with E-state index in [0.29, 0.717) is 17.8 Å². The molecule has 0 fully saturated rings. The van der Waals surface area contributed by atoms with Crippen LogP contribution in [0.1, 0.15) is 106 Å². The Balaban J connectivity index is 1.21. The SMILES string of the molecule is C=C(CC(C)c1ccccc1C(C)CCC)c1ccccc1C1=C(C)c2cc(-c3ccc(-c4cccc5ccccc45)cc3)ccc2CCC1C. The number of fused-ring (bicyclic) bond motifs is 2. The zero-order chi connectivity index (χ0) is 35.5. The van der Waals surface area contributed by atoms with Gasteiger partial charge in [-0.1, -0.05) is 168 Å². The molecule has 0 heteroatoms. The zero-order valence-corrected chi connectivity index (χ0v) is 31.2. The van der Waals surface area contributed by atoms with Gasteiger partial charge in [-0.25, -0.2) is 0 Å². The highest BCUT2D eigenvalue weighted by molar-refractivity contribution is 5.98. The van der Waals surface area contributed by atoms with E-state index in [0.717, 1.165) is 19.3 Å². The Labute approximate surface area is 306 Å². The molecule has 3 unspecified atom stereocenters. The van der Waals surface area contributed by atoms with Crippen molar-refractivity contribution in [3.8, 4) is 22.3 Å². The predicted molar refractivity (Wildman–Crippen MR) is 223 cm³/mol. The smallest absolute Gasteiger partial charge is 0.0105 e. The number of benzene rings is 6. The largest absolute Gasteiger partial charge is 0.0952 e. The van der Waals surface area contributed by atoms with Gasteiger partial charge in [0.2, 0.25) is 0 Å². The molecule has 0 radical (unpaired) electrons. The first kappa shape index (κ1) is 34.5. The number of allylic oxidation sites excluding steroid dienone is 3. The molecule has 6 aromatic rings. The second-order valence-electron chi connectivity index (χ2n) is 15.0. The summed E-state index contributed by atoms with van der Waals surface area (Å²) in [5.41, 5.74) is 17.6. The summed E-state index contributed by atoms with van der Waals surface area (Å²) in [5.74, 6) is 1.42. The zero-order valence-electron chi connectivity index (χ0n) is 31.2. The van der Waals surface area contributed by atoms with Gasteiger partial charge in [-0.15, -0.1) is 0 Å². The van der Waals surface area contributed by atoms with Gasteiger partial charge in [-0.05, 0) is 140 Å². The lowest BCUT2D eigenvalue weighted by atomic mass is 9.80. The Morgan fingerprint density at radius 2 is 1.29 bits per heavy atom. The highest BCUT2D eigenvalue weighted by Crippen LogP contribution is 2.44. The van der Waals surface area contributed by atoms with Gasteiger partial charge in [0.1, 0.15) is 0 Å². The molecule has 0 aromatic heterocycles. The van der Waals surface area contributed by atoms with E-state index in [2.05, 4.69) is 168 Å². The van der Waals surface area contributed by atoms with E-state index in [9.17, 15) is 0 Å². The lowest BCUT2D eigenvalue weighted by Crippen LogP contribution is -2.06. The molecule has 3 atom stereocenters. The van der Waals surface area contributed by atoms with Crippen LogP contribution in [0.15, 0.2) is 140 Å². The third-order valence-electron chi connectivity index (χ3n) is 11.5. The van der Waals surface area contributed by atoms with Crippen molar-refractivity contribution in [2.75, 3.05) is 0 Å². The van der Waals surface area contributed by atoms with E-state index < -0.39 is 0 Å². The fraction of sp³-hybridized carbons (Fsp3) is 0.255. The van der Waals surface area contributed by atoms with Crippen molar-refractivity contribution in [1.29, 1.82) is 0 Å². The summed E-state index contributed by atoms with van der Waals surface area (Å²) in [6.45, 7) is 16.6. The molecule has 1 aliphatic rings. The molecular formula is C51H52. The van der Waals surface area contributed by atoms with Gasteiger partial charge in [-0.2, -0.15) is 0 Å². The summed E-state index contributed by atoms with van der Waals surface area (Å²) in [6.07, 6.45) is 5.60. The Morgan fingerprint density at radius 3 is 2.08 bits per heavy atom. The number of hydrogen-bond donors (Lipinski definition) is 0. The van der Waals surface area contributed by atoms with Crippen LogP contribution in [0, 0.1) is 5.92 Å². The second-order valence-corrected chi connectivity index (χ2v) is 15.0. The summed E-state index contributed by atoms with van der Waals surface area (Å²) in [5, 5.41) is 2.57. The molecule has 1 aliphatic carbocycles. The van der Waals surface area contributed by atoms with Gasteiger partial charge >= 0.3 is 0 Å². The molecule has 7 rings (SSSR count). The minimum atomic E-state index is 0.401. The molecule has 0 N–H and O–H groups in total. The molecule has 0 saturated heterocycles. The van der Waals surface area contributed by atoms with Crippen molar-refractivity contribution in [2.45, 2.75) is 78.6 Å². The molecule has 51 heavy (non-hydrogen) atoms. The number of hydrogen-bond acceptors (Lipinski definition) is 0. The van der Waals surface area contributed by atoms with Gasteiger partial charge in [0.05, 0.1) is 0 Å². The van der Waals surface area contributed by atoms with Crippen LogP contribution in [-0.2, 0) is 6.42 Å². The van der Waals surface area contributed by atoms with Crippen molar-refractivity contribution >= 4 is 27.5 Å². The molecular weight excluding hydrogens is 613 g/mol. The minimum Gasteiger partial charge on any atom is -0.0952 e. The standard InChI is InChI=1S/C51H52/c1-7-15-34(2)44-18-10-11-19-45(44)36(4)32-37(5)46-20-12-13-22-49(46)51-35(3)24-25-42-30-31-43(33-50(42)38(51)6)39-26-28-41(29-27-39)48-23-14-17-40-16-8-9-21-47(40)48/h8-14,16-23,26-31,33-36H,5,7,15,24-25,32H2,1-4,6H3. The average molecular weight is 665 g/mol. The van der Waals surface area contributed by atoms with Crippen LogP contribution in [0.25, 0.3) is 49.7 Å². The van der Waals surface area contributed by atoms with Gasteiger partial charge in [-0.3, -0.25) is 0 Å². The Kier molecular flexibility index (Phi) is 10.2. The summed E-state index contributed by atoms with van der Waals surface area (Å²) in [6, 6.07) is 49.7. The minimum absolute atomic E-state index is 0.401. The number of aryl methyl sites for hydroxylation is 1. The molecule has 6 aromatic carbocycles. The molecule has 0 heterocycles. The second kappa shape index (κ2) is 15.1. The molecule has 0 amide bonds. The maximum atomic E-state index is 4.75. The van der Waals surface area contributed by atoms with E-state index in [1.54, 1.807) is 0 Å².